The predicted molar refractivity (Wildman–Crippen MR) is 79.5 cm³/mol. The molecule has 3 aromatic rings. The predicted octanol–water partition coefficient (Wildman–Crippen LogP) is 3.42. The summed E-state index contributed by atoms with van der Waals surface area (Å²) in [6, 6.07) is 12.5. The van der Waals surface area contributed by atoms with Crippen LogP contribution in [0.3, 0.4) is 0 Å². The summed E-state index contributed by atoms with van der Waals surface area (Å²) in [5.41, 5.74) is 1.17. The van der Waals surface area contributed by atoms with E-state index in [1.807, 2.05) is 29.6 Å². The van der Waals surface area contributed by atoms with E-state index in [-0.39, 0.29) is 6.10 Å². The van der Waals surface area contributed by atoms with Gasteiger partial charge in [-0.1, -0.05) is 29.4 Å². The summed E-state index contributed by atoms with van der Waals surface area (Å²) in [6.45, 7) is 0.686. The van der Waals surface area contributed by atoms with Crippen LogP contribution in [-0.4, -0.2) is 10.2 Å². The molecule has 0 bridgehead atoms. The average molecular weight is 299 g/mol. The molecule has 1 aliphatic heterocycles. The van der Waals surface area contributed by atoms with Crippen LogP contribution in [0, 0.1) is 0 Å². The molecule has 0 fully saturated rings. The molecule has 4 rings (SSSR count). The second-order valence-electron chi connectivity index (χ2n) is 4.80. The van der Waals surface area contributed by atoms with E-state index in [1.54, 1.807) is 11.3 Å². The van der Waals surface area contributed by atoms with E-state index in [1.165, 1.54) is 10.4 Å². The van der Waals surface area contributed by atoms with Crippen molar-refractivity contribution in [2.24, 2.45) is 0 Å². The van der Waals surface area contributed by atoms with Gasteiger partial charge in [0.2, 0.25) is 0 Å². The maximum atomic E-state index is 5.83. The number of benzene rings is 1. The Hall–Kier alpha value is -2.34. The van der Waals surface area contributed by atoms with Gasteiger partial charge in [-0.05, 0) is 23.1 Å². The van der Waals surface area contributed by atoms with E-state index in [9.17, 15) is 0 Å². The molecule has 0 radical (unpaired) electrons. The van der Waals surface area contributed by atoms with E-state index >= 15 is 0 Å². The van der Waals surface area contributed by atoms with Gasteiger partial charge in [0.15, 0.2) is 6.10 Å². The zero-order chi connectivity index (χ0) is 14.1. The first-order valence-electron chi connectivity index (χ1n) is 6.73. The first-order valence-corrected chi connectivity index (χ1v) is 7.61. The van der Waals surface area contributed by atoms with Gasteiger partial charge in [-0.15, -0.1) is 16.4 Å². The number of nitrogens with zero attached hydrogens (tertiary/aromatic N) is 2. The number of hydrogen-bond donors (Lipinski definition) is 1. The molecular weight excluding hydrogens is 286 g/mol. The maximum Gasteiger partial charge on any atom is 0.315 e. The number of nitrogens with one attached hydrogen (secondary N) is 1. The minimum Gasteiger partial charge on any atom is -0.480 e. The highest BCUT2D eigenvalue weighted by molar-refractivity contribution is 7.09. The third kappa shape index (κ3) is 2.50. The Labute approximate surface area is 125 Å². The Bertz CT molecular complexity index is 714. The van der Waals surface area contributed by atoms with Gasteiger partial charge in [0.05, 0.1) is 6.54 Å². The summed E-state index contributed by atoms with van der Waals surface area (Å²) in [6.07, 6.45) is 0.579. The Kier molecular flexibility index (Phi) is 3.08. The van der Waals surface area contributed by atoms with E-state index in [0.29, 0.717) is 18.5 Å². The fourth-order valence-electron chi connectivity index (χ4n) is 2.33. The minimum atomic E-state index is -0.188. The molecule has 5 nitrogen and oxygen atoms in total. The molecule has 21 heavy (non-hydrogen) atoms. The van der Waals surface area contributed by atoms with Crippen molar-refractivity contribution < 1.29 is 9.15 Å². The van der Waals surface area contributed by atoms with Crippen molar-refractivity contribution in [1.82, 2.24) is 10.2 Å². The van der Waals surface area contributed by atoms with E-state index in [0.717, 1.165) is 12.2 Å². The highest BCUT2D eigenvalue weighted by Crippen LogP contribution is 2.36. The molecule has 0 unspecified atom stereocenters. The van der Waals surface area contributed by atoms with Gasteiger partial charge < -0.3 is 14.5 Å². The first kappa shape index (κ1) is 12.4. The standard InChI is InChI=1S/C15H13N3O2S/c1-2-6-12-10(4-1)8-13(19-12)14-17-18-15(20-14)16-9-11-5-3-7-21-11/h1-7,13H,8-9H2,(H,16,18)/t13-/m0/s1. The molecule has 106 valence electrons. The Morgan fingerprint density at radius 1 is 1.19 bits per heavy atom. The van der Waals surface area contributed by atoms with Crippen LogP contribution in [0.1, 0.15) is 22.4 Å². The smallest absolute Gasteiger partial charge is 0.315 e. The summed E-state index contributed by atoms with van der Waals surface area (Å²) in [5, 5.41) is 13.3. The second kappa shape index (κ2) is 5.21. The minimum absolute atomic E-state index is 0.188. The Balaban J connectivity index is 1.44. The molecule has 1 aliphatic rings. The zero-order valence-corrected chi connectivity index (χ0v) is 12.0. The summed E-state index contributed by atoms with van der Waals surface area (Å²) in [4.78, 5) is 1.22. The summed E-state index contributed by atoms with van der Waals surface area (Å²) < 4.78 is 11.5. The highest BCUT2D eigenvalue weighted by Gasteiger charge is 2.28. The number of fused-ring (bicyclic) bond motifs is 1. The SMILES string of the molecule is c1csc(CNc2nnc([C@@H]3Cc4ccccc4O3)o2)c1. The number of aromatic nitrogens is 2. The van der Waals surface area contributed by atoms with E-state index < -0.39 is 0 Å². The molecular formula is C15H13N3O2S. The van der Waals surface area contributed by atoms with E-state index in [2.05, 4.69) is 27.6 Å². The van der Waals surface area contributed by atoms with Gasteiger partial charge in [-0.25, -0.2) is 0 Å². The van der Waals surface area contributed by atoms with Crippen molar-refractivity contribution >= 4 is 17.4 Å². The van der Waals surface area contributed by atoms with Crippen LogP contribution in [0.5, 0.6) is 5.75 Å². The lowest BCUT2D eigenvalue weighted by Crippen LogP contribution is -2.03. The number of rotatable bonds is 4. The van der Waals surface area contributed by atoms with Crippen molar-refractivity contribution in [3.8, 4) is 5.75 Å². The molecule has 0 spiro atoms. The Morgan fingerprint density at radius 3 is 3.00 bits per heavy atom. The van der Waals surface area contributed by atoms with Crippen LogP contribution in [0.2, 0.25) is 0 Å². The van der Waals surface area contributed by atoms with Gasteiger partial charge in [-0.2, -0.15) is 0 Å². The molecule has 6 heteroatoms. The summed E-state index contributed by atoms with van der Waals surface area (Å²) in [5.74, 6) is 1.41. The normalized spacial score (nSPS) is 16.5. The van der Waals surface area contributed by atoms with Gasteiger partial charge in [0.25, 0.3) is 5.89 Å². The molecule has 2 aromatic heterocycles. The fraction of sp³-hybridized carbons (Fsp3) is 0.200. The van der Waals surface area contributed by atoms with Crippen LogP contribution in [0.4, 0.5) is 6.01 Å². The molecule has 0 saturated heterocycles. The third-order valence-electron chi connectivity index (χ3n) is 3.36. The molecule has 1 N–H and O–H groups in total. The van der Waals surface area contributed by atoms with Crippen molar-refractivity contribution in [1.29, 1.82) is 0 Å². The highest BCUT2D eigenvalue weighted by atomic mass is 32.1. The van der Waals surface area contributed by atoms with Crippen LogP contribution in [-0.2, 0) is 13.0 Å². The number of anilines is 1. The first-order chi connectivity index (χ1) is 10.4. The van der Waals surface area contributed by atoms with Gasteiger partial charge in [0, 0.05) is 11.3 Å². The largest absolute Gasteiger partial charge is 0.480 e. The van der Waals surface area contributed by atoms with Gasteiger partial charge >= 0.3 is 6.01 Å². The number of thiophene rings is 1. The van der Waals surface area contributed by atoms with E-state index in [4.69, 9.17) is 9.15 Å². The van der Waals surface area contributed by atoms with Crippen molar-refractivity contribution in [3.63, 3.8) is 0 Å². The molecule has 0 amide bonds. The second-order valence-corrected chi connectivity index (χ2v) is 5.83. The molecule has 1 aromatic carbocycles. The van der Waals surface area contributed by atoms with Crippen molar-refractivity contribution in [2.45, 2.75) is 19.1 Å². The van der Waals surface area contributed by atoms with Gasteiger partial charge in [-0.3, -0.25) is 0 Å². The number of para-hydroxylation sites is 1. The topological polar surface area (TPSA) is 60.2 Å². The molecule has 0 aliphatic carbocycles. The van der Waals surface area contributed by atoms with Crippen LogP contribution < -0.4 is 10.1 Å². The summed E-state index contributed by atoms with van der Waals surface area (Å²) in [7, 11) is 0. The molecule has 3 heterocycles. The van der Waals surface area contributed by atoms with Gasteiger partial charge in [0.1, 0.15) is 5.75 Å². The lowest BCUT2D eigenvalue weighted by Gasteiger charge is -2.04. The summed E-state index contributed by atoms with van der Waals surface area (Å²) >= 11 is 1.69. The monoisotopic (exact) mass is 299 g/mol. The third-order valence-corrected chi connectivity index (χ3v) is 4.23. The number of hydrogen-bond acceptors (Lipinski definition) is 6. The van der Waals surface area contributed by atoms with Crippen LogP contribution in [0.15, 0.2) is 46.2 Å². The lowest BCUT2D eigenvalue weighted by molar-refractivity contribution is 0.199. The number of ether oxygens (including phenoxy) is 1. The van der Waals surface area contributed by atoms with Crippen LogP contribution in [0.25, 0.3) is 0 Å². The van der Waals surface area contributed by atoms with Crippen molar-refractivity contribution in [3.05, 3.63) is 58.1 Å². The lowest BCUT2D eigenvalue weighted by atomic mass is 10.1. The van der Waals surface area contributed by atoms with Crippen molar-refractivity contribution in [2.75, 3.05) is 5.32 Å². The fourth-order valence-corrected chi connectivity index (χ4v) is 2.98. The maximum absolute atomic E-state index is 5.83. The zero-order valence-electron chi connectivity index (χ0n) is 11.2. The molecule has 0 saturated carbocycles. The quantitative estimate of drug-likeness (QED) is 0.800. The average Bonchev–Trinajstić information content (AvgIpc) is 3.24. The van der Waals surface area contributed by atoms with Crippen LogP contribution >= 0.6 is 11.3 Å². The Morgan fingerprint density at radius 2 is 2.14 bits per heavy atom. The molecule has 1 atom stereocenters.